The van der Waals surface area contributed by atoms with Crippen molar-refractivity contribution in [2.45, 2.75) is 36.8 Å². The first-order valence-corrected chi connectivity index (χ1v) is 12.4. The largest absolute Gasteiger partial charge is 0.476 e. The van der Waals surface area contributed by atoms with Crippen LogP contribution in [-0.4, -0.2) is 32.5 Å². The number of nitrogens with one attached hydrogen (secondary N) is 1. The zero-order valence-electron chi connectivity index (χ0n) is 18.4. The number of carbonyl (C=O) groups excluding carboxylic acids is 1. The summed E-state index contributed by atoms with van der Waals surface area (Å²) in [4.78, 5) is 13.3. The van der Waals surface area contributed by atoms with Crippen LogP contribution in [0, 0.1) is 0 Å². The summed E-state index contributed by atoms with van der Waals surface area (Å²) in [5.74, 6) is -0.101. The van der Waals surface area contributed by atoms with Crippen LogP contribution in [0.15, 0.2) is 83.8 Å². The van der Waals surface area contributed by atoms with Crippen LogP contribution >= 0.6 is 11.6 Å². The number of rotatable bonds is 6. The maximum Gasteiger partial charge on any atom is 0.264 e. The molecule has 1 heterocycles. The van der Waals surface area contributed by atoms with Crippen LogP contribution in [0.5, 0.6) is 5.75 Å². The van der Waals surface area contributed by atoms with Gasteiger partial charge >= 0.3 is 0 Å². The molecule has 6 nitrogen and oxygen atoms in total. The molecule has 0 aliphatic carbocycles. The summed E-state index contributed by atoms with van der Waals surface area (Å²) >= 11 is 6.14. The Balaban J connectivity index is 1.61. The zero-order valence-corrected chi connectivity index (χ0v) is 19.9. The molecule has 0 spiro atoms. The van der Waals surface area contributed by atoms with Crippen molar-refractivity contribution >= 4 is 33.2 Å². The molecule has 1 aliphatic rings. The molecule has 8 heteroatoms. The summed E-state index contributed by atoms with van der Waals surface area (Å²) in [5, 5.41) is 3.39. The van der Waals surface area contributed by atoms with Crippen LogP contribution in [0.3, 0.4) is 0 Å². The number of amides is 1. The van der Waals surface area contributed by atoms with Gasteiger partial charge in [0.25, 0.3) is 15.9 Å². The molecule has 1 amide bonds. The summed E-state index contributed by atoms with van der Waals surface area (Å²) in [6, 6.07) is 22.7. The number of sulfonamides is 1. The molecule has 0 saturated carbocycles. The second kappa shape index (κ2) is 9.08. The first kappa shape index (κ1) is 23.1. The fourth-order valence-corrected chi connectivity index (χ4v) is 5.53. The summed E-state index contributed by atoms with van der Waals surface area (Å²) < 4.78 is 34.0. The van der Waals surface area contributed by atoms with Gasteiger partial charge in [0.05, 0.1) is 17.1 Å². The lowest BCUT2D eigenvalue weighted by atomic mass is 9.94. The topological polar surface area (TPSA) is 75.7 Å². The number of anilines is 1. The minimum atomic E-state index is -3.94. The van der Waals surface area contributed by atoms with E-state index in [2.05, 4.69) is 5.32 Å². The summed E-state index contributed by atoms with van der Waals surface area (Å²) in [6.07, 6.45) is -0.406. The van der Waals surface area contributed by atoms with Crippen molar-refractivity contribution in [2.24, 2.45) is 0 Å². The number of carbonyl (C=O) groups is 1. The van der Waals surface area contributed by atoms with Gasteiger partial charge in [0.1, 0.15) is 5.75 Å². The first-order valence-electron chi connectivity index (χ1n) is 10.6. The van der Waals surface area contributed by atoms with Gasteiger partial charge in [0.15, 0.2) is 6.10 Å². The molecule has 4 rings (SSSR count). The molecule has 0 bridgehead atoms. The summed E-state index contributed by atoms with van der Waals surface area (Å²) in [7, 11) is -3.94. The van der Waals surface area contributed by atoms with E-state index in [9.17, 15) is 13.2 Å². The second-order valence-corrected chi connectivity index (χ2v) is 10.9. The number of ether oxygens (including phenoxy) is 1. The first-order chi connectivity index (χ1) is 15.7. The Morgan fingerprint density at radius 2 is 1.70 bits per heavy atom. The standard InChI is InChI=1S/C25H25ClN2O4S/c1-25(2,16-18-9-5-3-6-10-18)27-24(29)23-17-28(21-15-19(26)13-14-22(21)32-23)33(30,31)20-11-7-4-8-12-20/h3-15,23H,16-17H2,1-2H3,(H,27,29)/t23-/m0/s1. The van der Waals surface area contributed by atoms with E-state index in [1.54, 1.807) is 30.3 Å². The Labute approximate surface area is 199 Å². The van der Waals surface area contributed by atoms with Gasteiger partial charge in [-0.1, -0.05) is 60.1 Å². The molecule has 0 radical (unpaired) electrons. The molecule has 33 heavy (non-hydrogen) atoms. The van der Waals surface area contributed by atoms with Crippen LogP contribution in [0.1, 0.15) is 19.4 Å². The van der Waals surface area contributed by atoms with E-state index in [1.807, 2.05) is 44.2 Å². The van der Waals surface area contributed by atoms with Crippen molar-refractivity contribution in [1.82, 2.24) is 5.32 Å². The van der Waals surface area contributed by atoms with E-state index in [0.29, 0.717) is 17.1 Å². The fourth-order valence-electron chi connectivity index (χ4n) is 3.87. The smallest absolute Gasteiger partial charge is 0.264 e. The average molecular weight is 485 g/mol. The van der Waals surface area contributed by atoms with Gasteiger partial charge in [0, 0.05) is 10.6 Å². The van der Waals surface area contributed by atoms with Crippen LogP contribution in [-0.2, 0) is 21.2 Å². The highest BCUT2D eigenvalue weighted by Gasteiger charge is 2.39. The lowest BCUT2D eigenvalue weighted by Gasteiger charge is -2.36. The van der Waals surface area contributed by atoms with Gasteiger partial charge in [0.2, 0.25) is 0 Å². The molecule has 0 saturated heterocycles. The Hall–Kier alpha value is -3.03. The zero-order chi connectivity index (χ0) is 23.6. The number of nitrogens with zero attached hydrogens (tertiary/aromatic N) is 1. The van der Waals surface area contributed by atoms with Gasteiger partial charge in [-0.2, -0.15) is 0 Å². The van der Waals surface area contributed by atoms with Crippen molar-refractivity contribution in [2.75, 3.05) is 10.8 Å². The molecule has 3 aromatic carbocycles. The van der Waals surface area contributed by atoms with E-state index in [1.165, 1.54) is 22.5 Å². The highest BCUT2D eigenvalue weighted by molar-refractivity contribution is 7.92. The lowest BCUT2D eigenvalue weighted by Crippen LogP contribution is -2.55. The van der Waals surface area contributed by atoms with E-state index in [4.69, 9.17) is 16.3 Å². The molecule has 1 atom stereocenters. The minimum Gasteiger partial charge on any atom is -0.476 e. The number of fused-ring (bicyclic) bond motifs is 1. The molecule has 0 aromatic heterocycles. The van der Waals surface area contributed by atoms with E-state index >= 15 is 0 Å². The molecule has 3 aromatic rings. The van der Waals surface area contributed by atoms with Crippen LogP contribution in [0.4, 0.5) is 5.69 Å². The fraction of sp³-hybridized carbons (Fsp3) is 0.240. The minimum absolute atomic E-state index is 0.126. The maximum absolute atomic E-state index is 13.5. The van der Waals surface area contributed by atoms with E-state index in [0.717, 1.165) is 5.56 Å². The molecular weight excluding hydrogens is 460 g/mol. The maximum atomic E-state index is 13.5. The Kier molecular flexibility index (Phi) is 6.36. The molecule has 172 valence electrons. The highest BCUT2D eigenvalue weighted by atomic mass is 35.5. The molecular formula is C25H25ClN2O4S. The van der Waals surface area contributed by atoms with Crippen molar-refractivity contribution in [3.63, 3.8) is 0 Å². The van der Waals surface area contributed by atoms with Crippen LogP contribution in [0.2, 0.25) is 5.02 Å². The van der Waals surface area contributed by atoms with Crippen LogP contribution in [0.25, 0.3) is 0 Å². The predicted molar refractivity (Wildman–Crippen MR) is 129 cm³/mol. The number of benzene rings is 3. The molecule has 1 aliphatic heterocycles. The van der Waals surface area contributed by atoms with Gasteiger partial charge in [-0.3, -0.25) is 9.10 Å². The van der Waals surface area contributed by atoms with E-state index in [-0.39, 0.29) is 23.1 Å². The predicted octanol–water partition coefficient (Wildman–Crippen LogP) is 4.43. The van der Waals surface area contributed by atoms with Crippen molar-refractivity contribution in [3.05, 3.63) is 89.4 Å². The normalized spacial score (nSPS) is 16.0. The highest BCUT2D eigenvalue weighted by Crippen LogP contribution is 2.39. The van der Waals surface area contributed by atoms with Crippen molar-refractivity contribution in [3.8, 4) is 5.75 Å². The second-order valence-electron chi connectivity index (χ2n) is 8.60. The third-order valence-corrected chi connectivity index (χ3v) is 7.39. The number of hydrogen-bond donors (Lipinski definition) is 1. The lowest BCUT2D eigenvalue weighted by molar-refractivity contribution is -0.129. The van der Waals surface area contributed by atoms with Gasteiger partial charge in [-0.15, -0.1) is 0 Å². The van der Waals surface area contributed by atoms with Crippen LogP contribution < -0.4 is 14.4 Å². The molecule has 0 unspecified atom stereocenters. The molecule has 1 N–H and O–H groups in total. The van der Waals surface area contributed by atoms with Gasteiger partial charge in [-0.05, 0) is 56.2 Å². The summed E-state index contributed by atoms with van der Waals surface area (Å²) in [6.45, 7) is 3.68. The van der Waals surface area contributed by atoms with Crippen molar-refractivity contribution in [1.29, 1.82) is 0 Å². The Morgan fingerprint density at radius 1 is 1.06 bits per heavy atom. The number of hydrogen-bond acceptors (Lipinski definition) is 4. The van der Waals surface area contributed by atoms with Crippen molar-refractivity contribution < 1.29 is 17.9 Å². The van der Waals surface area contributed by atoms with Gasteiger partial charge < -0.3 is 10.1 Å². The Bertz CT molecular complexity index is 1250. The third kappa shape index (κ3) is 5.15. The SMILES string of the molecule is CC(C)(Cc1ccccc1)NC(=O)[C@@H]1CN(S(=O)(=O)c2ccccc2)c2cc(Cl)ccc2O1. The third-order valence-electron chi connectivity index (χ3n) is 5.36. The number of halogens is 1. The van der Waals surface area contributed by atoms with E-state index < -0.39 is 21.7 Å². The average Bonchev–Trinajstić information content (AvgIpc) is 2.79. The summed E-state index contributed by atoms with van der Waals surface area (Å²) in [5.41, 5.74) is 0.824. The Morgan fingerprint density at radius 3 is 2.36 bits per heavy atom. The van der Waals surface area contributed by atoms with Gasteiger partial charge in [-0.25, -0.2) is 8.42 Å². The monoisotopic (exact) mass is 484 g/mol. The quantitative estimate of drug-likeness (QED) is 0.561. The molecule has 0 fully saturated rings.